The molecular weight excluding hydrogens is 418 g/mol. The van der Waals surface area contributed by atoms with Crippen LogP contribution < -0.4 is 15.2 Å². The lowest BCUT2D eigenvalue weighted by molar-refractivity contribution is 0.355. The third kappa shape index (κ3) is 3.89. The second kappa shape index (κ2) is 7.88. The molecule has 4 aromatic rings. The predicted octanol–water partition coefficient (Wildman–Crippen LogP) is 2.54. The van der Waals surface area contributed by atoms with Crippen molar-refractivity contribution in [2.24, 2.45) is 0 Å². The first-order chi connectivity index (χ1) is 14.8. The molecule has 0 fully saturated rings. The van der Waals surface area contributed by atoms with Gasteiger partial charge in [0.1, 0.15) is 5.82 Å². The van der Waals surface area contributed by atoms with Gasteiger partial charge >= 0.3 is 0 Å². The Kier molecular flexibility index (Phi) is 5.24. The summed E-state index contributed by atoms with van der Waals surface area (Å²) in [5.74, 6) is 1.35. The Morgan fingerprint density at radius 3 is 2.35 bits per heavy atom. The number of nitrogens with zero attached hydrogens (tertiary/aromatic N) is 4. The Hall–Kier alpha value is -3.66. The third-order valence-corrected chi connectivity index (χ3v) is 5.63. The topological polar surface area (TPSA) is 122 Å². The number of fused-ring (bicyclic) bond motifs is 1. The first kappa shape index (κ1) is 20.6. The zero-order chi connectivity index (χ0) is 22.2. The number of methoxy groups -OCH3 is 2. The molecule has 0 aliphatic carbocycles. The number of hydrogen-bond acceptors (Lipinski definition) is 8. The fourth-order valence-electron chi connectivity index (χ4n) is 3.27. The molecule has 0 radical (unpaired) electrons. The normalized spacial score (nSPS) is 11.6. The molecular formula is C21H21N5O4S. The molecule has 2 N–H and O–H groups in total. The lowest BCUT2D eigenvalue weighted by Gasteiger charge is -2.11. The molecule has 31 heavy (non-hydrogen) atoms. The van der Waals surface area contributed by atoms with Crippen LogP contribution in [0.25, 0.3) is 22.3 Å². The standard InChI is InChI=1S/C21H21N5O4S/c1-29-15-10-9-14(11-16(15)30-2)18-17-19(22)26(12-13-7-5-4-6-8-13)25-20(17)24-21(23-18)31(3,27)28/h4-11H,12,22H2,1-3H3. The SMILES string of the molecule is COc1ccc(-c2nc(S(C)(=O)=O)nc3nn(Cc4ccccc4)c(N)c23)cc1OC. The van der Waals surface area contributed by atoms with Crippen LogP contribution in [0, 0.1) is 0 Å². The van der Waals surface area contributed by atoms with Crippen LogP contribution in [0.3, 0.4) is 0 Å². The lowest BCUT2D eigenvalue weighted by Crippen LogP contribution is -2.06. The maximum absolute atomic E-state index is 12.2. The zero-order valence-corrected chi connectivity index (χ0v) is 18.0. The minimum absolute atomic E-state index is 0.202. The van der Waals surface area contributed by atoms with Crippen molar-refractivity contribution in [2.45, 2.75) is 11.7 Å². The number of anilines is 1. The third-order valence-electron chi connectivity index (χ3n) is 4.78. The van der Waals surface area contributed by atoms with Gasteiger partial charge in [-0.1, -0.05) is 30.3 Å². The van der Waals surface area contributed by atoms with E-state index < -0.39 is 9.84 Å². The van der Waals surface area contributed by atoms with Gasteiger partial charge in [-0.2, -0.15) is 4.98 Å². The molecule has 2 heterocycles. The summed E-state index contributed by atoms with van der Waals surface area (Å²) in [7, 11) is -0.629. The minimum atomic E-state index is -3.68. The average molecular weight is 439 g/mol. The largest absolute Gasteiger partial charge is 0.493 e. The van der Waals surface area contributed by atoms with E-state index in [0.717, 1.165) is 11.8 Å². The van der Waals surface area contributed by atoms with E-state index in [9.17, 15) is 8.42 Å². The summed E-state index contributed by atoms with van der Waals surface area (Å²) >= 11 is 0. The summed E-state index contributed by atoms with van der Waals surface area (Å²) in [6.45, 7) is 0.405. The molecule has 0 aliphatic heterocycles. The van der Waals surface area contributed by atoms with Crippen molar-refractivity contribution in [1.82, 2.24) is 19.7 Å². The summed E-state index contributed by atoms with van der Waals surface area (Å²) < 4.78 is 36.7. The van der Waals surface area contributed by atoms with Crippen molar-refractivity contribution in [2.75, 3.05) is 26.2 Å². The maximum atomic E-state index is 12.2. The molecule has 160 valence electrons. The first-order valence-corrected chi connectivity index (χ1v) is 11.2. The molecule has 0 aliphatic rings. The Balaban J connectivity index is 1.96. The fourth-order valence-corrected chi connectivity index (χ4v) is 3.78. The molecule has 10 heteroatoms. The first-order valence-electron chi connectivity index (χ1n) is 9.32. The molecule has 0 bridgehead atoms. The summed E-state index contributed by atoms with van der Waals surface area (Å²) in [6, 6.07) is 14.8. The zero-order valence-electron chi connectivity index (χ0n) is 17.2. The highest BCUT2D eigenvalue weighted by Gasteiger charge is 2.23. The summed E-state index contributed by atoms with van der Waals surface area (Å²) in [5.41, 5.74) is 8.57. The van der Waals surface area contributed by atoms with Crippen molar-refractivity contribution in [3.63, 3.8) is 0 Å². The highest BCUT2D eigenvalue weighted by Crippen LogP contribution is 2.36. The van der Waals surface area contributed by atoms with Gasteiger partial charge < -0.3 is 15.2 Å². The molecule has 4 rings (SSSR count). The van der Waals surface area contributed by atoms with E-state index in [0.29, 0.717) is 40.5 Å². The lowest BCUT2D eigenvalue weighted by atomic mass is 10.1. The van der Waals surface area contributed by atoms with Crippen LogP contribution >= 0.6 is 0 Å². The quantitative estimate of drug-likeness (QED) is 0.455. The monoisotopic (exact) mass is 439 g/mol. The van der Waals surface area contributed by atoms with Gasteiger partial charge in [0, 0.05) is 11.8 Å². The maximum Gasteiger partial charge on any atom is 0.249 e. The second-order valence-electron chi connectivity index (χ2n) is 6.92. The van der Waals surface area contributed by atoms with Crippen LogP contribution in [-0.4, -0.2) is 48.6 Å². The molecule has 2 aromatic heterocycles. The highest BCUT2D eigenvalue weighted by atomic mass is 32.2. The average Bonchev–Trinajstić information content (AvgIpc) is 3.08. The van der Waals surface area contributed by atoms with Crippen LogP contribution in [0.2, 0.25) is 0 Å². The smallest absolute Gasteiger partial charge is 0.249 e. The van der Waals surface area contributed by atoms with Gasteiger partial charge in [0.2, 0.25) is 15.0 Å². The van der Waals surface area contributed by atoms with Gasteiger partial charge in [-0.3, -0.25) is 0 Å². The Morgan fingerprint density at radius 2 is 1.71 bits per heavy atom. The van der Waals surface area contributed by atoms with Crippen molar-refractivity contribution in [3.05, 3.63) is 54.1 Å². The van der Waals surface area contributed by atoms with Gasteiger partial charge in [0.25, 0.3) is 0 Å². The van der Waals surface area contributed by atoms with E-state index in [2.05, 4.69) is 15.1 Å². The van der Waals surface area contributed by atoms with E-state index >= 15 is 0 Å². The second-order valence-corrected chi connectivity index (χ2v) is 8.83. The molecule has 2 aromatic carbocycles. The van der Waals surface area contributed by atoms with E-state index in [4.69, 9.17) is 15.2 Å². The van der Waals surface area contributed by atoms with Crippen LogP contribution in [0.4, 0.5) is 5.82 Å². The van der Waals surface area contributed by atoms with E-state index in [-0.39, 0.29) is 10.8 Å². The predicted molar refractivity (Wildman–Crippen MR) is 117 cm³/mol. The Labute approximate surface area is 179 Å². The number of nitrogens with two attached hydrogens (primary N) is 1. The number of aromatic nitrogens is 4. The number of benzene rings is 2. The van der Waals surface area contributed by atoms with Crippen LogP contribution in [0.1, 0.15) is 5.56 Å². The molecule has 0 unspecified atom stereocenters. The molecule has 0 atom stereocenters. The van der Waals surface area contributed by atoms with Crippen LogP contribution in [0.15, 0.2) is 53.7 Å². The highest BCUT2D eigenvalue weighted by molar-refractivity contribution is 7.90. The van der Waals surface area contributed by atoms with Gasteiger partial charge in [0.15, 0.2) is 17.1 Å². The Bertz CT molecular complexity index is 1370. The van der Waals surface area contributed by atoms with Crippen LogP contribution in [0.5, 0.6) is 11.5 Å². The molecule has 0 saturated heterocycles. The van der Waals surface area contributed by atoms with Crippen LogP contribution in [-0.2, 0) is 16.4 Å². The minimum Gasteiger partial charge on any atom is -0.493 e. The molecule has 0 spiro atoms. The van der Waals surface area contributed by atoms with Crippen molar-refractivity contribution >= 4 is 26.7 Å². The van der Waals surface area contributed by atoms with Gasteiger partial charge in [-0.25, -0.2) is 18.1 Å². The van der Waals surface area contributed by atoms with E-state index in [1.54, 1.807) is 22.9 Å². The summed E-state index contributed by atoms with van der Waals surface area (Å²) in [5, 5.41) is 4.61. The van der Waals surface area contributed by atoms with Gasteiger partial charge in [-0.15, -0.1) is 5.10 Å². The van der Waals surface area contributed by atoms with Crippen molar-refractivity contribution in [3.8, 4) is 22.8 Å². The molecule has 0 saturated carbocycles. The van der Waals surface area contributed by atoms with Crippen molar-refractivity contribution < 1.29 is 17.9 Å². The van der Waals surface area contributed by atoms with Gasteiger partial charge in [-0.05, 0) is 23.8 Å². The molecule has 0 amide bonds. The van der Waals surface area contributed by atoms with Gasteiger partial charge in [0.05, 0.1) is 31.8 Å². The fraction of sp³-hybridized carbons (Fsp3) is 0.190. The van der Waals surface area contributed by atoms with Crippen molar-refractivity contribution in [1.29, 1.82) is 0 Å². The summed E-state index contributed by atoms with van der Waals surface area (Å²) in [6.07, 6.45) is 1.05. The number of ether oxygens (including phenoxy) is 2. The number of rotatable bonds is 6. The summed E-state index contributed by atoms with van der Waals surface area (Å²) in [4.78, 5) is 8.49. The van der Waals surface area contributed by atoms with E-state index in [1.165, 1.54) is 14.2 Å². The number of sulfone groups is 1. The number of nitrogen functional groups attached to an aromatic ring is 1. The molecule has 9 nitrogen and oxygen atoms in total. The Morgan fingerprint density at radius 1 is 1.00 bits per heavy atom. The van der Waals surface area contributed by atoms with E-state index in [1.807, 2.05) is 30.3 Å². The number of hydrogen-bond donors (Lipinski definition) is 1.